The summed E-state index contributed by atoms with van der Waals surface area (Å²) in [6.45, 7) is 1.43. The Bertz CT molecular complexity index is 597. The summed E-state index contributed by atoms with van der Waals surface area (Å²) >= 11 is 0.767. The normalized spacial score (nSPS) is 10.2. The molecule has 0 aromatic heterocycles. The monoisotopic (exact) mass is 274 g/mol. The standard InChI is InChI=1S/C14H14N2O2S/c1-9(17)19-18-14-7-4-11(8-13(14)16)10-2-5-12(15)6-3-10/h2-8H,15-16H2,1H3. The van der Waals surface area contributed by atoms with Gasteiger partial charge in [-0.1, -0.05) is 18.2 Å². The topological polar surface area (TPSA) is 78.3 Å². The third-order valence-electron chi connectivity index (χ3n) is 2.50. The Kier molecular flexibility index (Phi) is 3.97. The van der Waals surface area contributed by atoms with Gasteiger partial charge in [-0.2, -0.15) is 0 Å². The molecule has 0 bridgehead atoms. The van der Waals surface area contributed by atoms with Crippen LogP contribution in [0.5, 0.6) is 5.75 Å². The van der Waals surface area contributed by atoms with Crippen LogP contribution in [0.2, 0.25) is 0 Å². The second-order valence-corrected chi connectivity index (χ2v) is 4.94. The first-order valence-corrected chi connectivity index (χ1v) is 6.41. The van der Waals surface area contributed by atoms with Crippen LogP contribution in [0.1, 0.15) is 6.92 Å². The molecule has 0 atom stereocenters. The lowest BCUT2D eigenvalue weighted by molar-refractivity contribution is -0.109. The number of rotatable bonds is 3. The zero-order valence-electron chi connectivity index (χ0n) is 10.4. The average Bonchev–Trinajstić information content (AvgIpc) is 2.38. The molecular formula is C14H14N2O2S. The van der Waals surface area contributed by atoms with E-state index in [1.165, 1.54) is 6.92 Å². The van der Waals surface area contributed by atoms with Gasteiger partial charge in [0, 0.05) is 12.6 Å². The summed E-state index contributed by atoms with van der Waals surface area (Å²) in [6.07, 6.45) is 0. The van der Waals surface area contributed by atoms with Gasteiger partial charge in [0.1, 0.15) is 12.0 Å². The first-order chi connectivity index (χ1) is 9.06. The Balaban J connectivity index is 2.23. The van der Waals surface area contributed by atoms with Gasteiger partial charge < -0.3 is 15.7 Å². The smallest absolute Gasteiger partial charge is 0.224 e. The third kappa shape index (κ3) is 3.42. The zero-order chi connectivity index (χ0) is 13.8. The Morgan fingerprint density at radius 1 is 1.05 bits per heavy atom. The van der Waals surface area contributed by atoms with Gasteiger partial charge >= 0.3 is 0 Å². The fraction of sp³-hybridized carbons (Fsp3) is 0.0714. The van der Waals surface area contributed by atoms with Crippen LogP contribution in [-0.2, 0) is 4.79 Å². The molecule has 0 unspecified atom stereocenters. The molecule has 0 saturated carbocycles. The highest BCUT2D eigenvalue weighted by Gasteiger charge is 2.06. The van der Waals surface area contributed by atoms with Crippen molar-refractivity contribution >= 4 is 28.5 Å². The van der Waals surface area contributed by atoms with Gasteiger partial charge in [-0.3, -0.25) is 4.79 Å². The molecule has 2 rings (SSSR count). The highest BCUT2D eigenvalue weighted by atomic mass is 32.2. The molecule has 0 aliphatic rings. The summed E-state index contributed by atoms with van der Waals surface area (Å²) in [6, 6.07) is 13.0. The second-order valence-electron chi connectivity index (χ2n) is 4.03. The van der Waals surface area contributed by atoms with Crippen LogP contribution in [-0.4, -0.2) is 5.12 Å². The van der Waals surface area contributed by atoms with E-state index in [4.69, 9.17) is 15.7 Å². The van der Waals surface area contributed by atoms with Gasteiger partial charge in [0.05, 0.1) is 5.69 Å². The maximum absolute atomic E-state index is 10.8. The molecule has 2 aromatic rings. The Morgan fingerprint density at radius 2 is 1.68 bits per heavy atom. The Morgan fingerprint density at radius 3 is 2.26 bits per heavy atom. The van der Waals surface area contributed by atoms with Gasteiger partial charge in [-0.05, 0) is 35.4 Å². The number of nitrogens with two attached hydrogens (primary N) is 2. The summed E-state index contributed by atoms with van der Waals surface area (Å²) < 4.78 is 5.23. The molecule has 0 fully saturated rings. The second kappa shape index (κ2) is 5.67. The first-order valence-electron chi connectivity index (χ1n) is 5.67. The van der Waals surface area contributed by atoms with Gasteiger partial charge in [-0.25, -0.2) is 0 Å². The van der Waals surface area contributed by atoms with Gasteiger partial charge in [0.2, 0.25) is 5.12 Å². The zero-order valence-corrected chi connectivity index (χ0v) is 11.2. The number of hydrogen-bond acceptors (Lipinski definition) is 5. The molecular weight excluding hydrogens is 260 g/mol. The van der Waals surface area contributed by atoms with E-state index < -0.39 is 0 Å². The Labute approximate surface area is 116 Å². The predicted octanol–water partition coefficient (Wildman–Crippen LogP) is 3.09. The minimum atomic E-state index is -0.123. The van der Waals surface area contributed by atoms with Crippen LogP contribution in [0.25, 0.3) is 11.1 Å². The van der Waals surface area contributed by atoms with Crippen molar-refractivity contribution in [2.45, 2.75) is 6.92 Å². The summed E-state index contributed by atoms with van der Waals surface area (Å²) in [7, 11) is 0. The molecule has 4 nitrogen and oxygen atoms in total. The number of carbonyl (C=O) groups excluding carboxylic acids is 1. The number of hydrogen-bond donors (Lipinski definition) is 2. The molecule has 2 aromatic carbocycles. The average molecular weight is 274 g/mol. The highest BCUT2D eigenvalue weighted by molar-refractivity contribution is 8.09. The molecule has 98 valence electrons. The molecule has 0 amide bonds. The van der Waals surface area contributed by atoms with E-state index in [0.29, 0.717) is 11.4 Å². The largest absolute Gasteiger partial charge is 0.415 e. The van der Waals surface area contributed by atoms with Crippen LogP contribution < -0.4 is 15.7 Å². The fourth-order valence-corrected chi connectivity index (χ4v) is 1.94. The molecule has 0 aliphatic carbocycles. The van der Waals surface area contributed by atoms with Gasteiger partial charge in [-0.15, -0.1) is 0 Å². The number of benzene rings is 2. The summed E-state index contributed by atoms with van der Waals surface area (Å²) in [5.74, 6) is 0.486. The van der Waals surface area contributed by atoms with Crippen molar-refractivity contribution in [2.75, 3.05) is 11.5 Å². The minimum absolute atomic E-state index is 0.123. The van der Waals surface area contributed by atoms with E-state index in [-0.39, 0.29) is 5.12 Å². The third-order valence-corrected chi connectivity index (χ3v) is 3.00. The Hall–Kier alpha value is -2.14. The van der Waals surface area contributed by atoms with E-state index in [9.17, 15) is 4.79 Å². The van der Waals surface area contributed by atoms with E-state index in [1.54, 1.807) is 6.07 Å². The van der Waals surface area contributed by atoms with Crippen LogP contribution in [0.3, 0.4) is 0 Å². The lowest BCUT2D eigenvalue weighted by atomic mass is 10.0. The van der Waals surface area contributed by atoms with Gasteiger partial charge in [0.25, 0.3) is 0 Å². The quantitative estimate of drug-likeness (QED) is 0.664. The lowest BCUT2D eigenvalue weighted by Crippen LogP contribution is -1.94. The van der Waals surface area contributed by atoms with Crippen molar-refractivity contribution in [3.63, 3.8) is 0 Å². The van der Waals surface area contributed by atoms with E-state index in [2.05, 4.69) is 0 Å². The molecule has 19 heavy (non-hydrogen) atoms. The predicted molar refractivity (Wildman–Crippen MR) is 79.6 cm³/mol. The van der Waals surface area contributed by atoms with Crippen LogP contribution in [0, 0.1) is 0 Å². The maximum Gasteiger partial charge on any atom is 0.224 e. The van der Waals surface area contributed by atoms with Crippen molar-refractivity contribution < 1.29 is 8.98 Å². The lowest BCUT2D eigenvalue weighted by Gasteiger charge is -2.08. The molecule has 0 spiro atoms. The van der Waals surface area contributed by atoms with Crippen molar-refractivity contribution in [1.82, 2.24) is 0 Å². The molecule has 0 aliphatic heterocycles. The molecule has 0 radical (unpaired) electrons. The highest BCUT2D eigenvalue weighted by Crippen LogP contribution is 2.30. The van der Waals surface area contributed by atoms with E-state index in [1.807, 2.05) is 36.4 Å². The molecule has 0 heterocycles. The minimum Gasteiger partial charge on any atom is -0.415 e. The van der Waals surface area contributed by atoms with E-state index >= 15 is 0 Å². The van der Waals surface area contributed by atoms with Crippen molar-refractivity contribution in [1.29, 1.82) is 0 Å². The van der Waals surface area contributed by atoms with Crippen molar-refractivity contribution in [3.8, 4) is 16.9 Å². The van der Waals surface area contributed by atoms with Crippen molar-refractivity contribution in [3.05, 3.63) is 42.5 Å². The van der Waals surface area contributed by atoms with E-state index in [0.717, 1.165) is 28.9 Å². The molecule has 4 N–H and O–H groups in total. The number of carbonyl (C=O) groups is 1. The van der Waals surface area contributed by atoms with Crippen LogP contribution in [0.15, 0.2) is 42.5 Å². The fourth-order valence-electron chi connectivity index (χ4n) is 1.58. The van der Waals surface area contributed by atoms with Gasteiger partial charge in [0.15, 0.2) is 5.75 Å². The summed E-state index contributed by atoms with van der Waals surface area (Å²) in [5.41, 5.74) is 14.7. The molecule has 5 heteroatoms. The number of anilines is 2. The van der Waals surface area contributed by atoms with Crippen LogP contribution >= 0.6 is 12.0 Å². The SMILES string of the molecule is CC(=O)SOc1ccc(-c2ccc(N)cc2)cc1N. The summed E-state index contributed by atoms with van der Waals surface area (Å²) in [4.78, 5) is 10.8. The van der Waals surface area contributed by atoms with Crippen molar-refractivity contribution in [2.24, 2.45) is 0 Å². The summed E-state index contributed by atoms with van der Waals surface area (Å²) in [5, 5.41) is -0.123. The molecule has 0 saturated heterocycles. The number of nitrogen functional groups attached to an aromatic ring is 2. The first kappa shape index (κ1) is 13.3. The van der Waals surface area contributed by atoms with Crippen LogP contribution in [0.4, 0.5) is 11.4 Å². The maximum atomic E-state index is 10.8.